The molecule has 0 aromatic heterocycles. The molecule has 1 aliphatic heterocycles. The van der Waals surface area contributed by atoms with Crippen molar-refractivity contribution in [2.24, 2.45) is 0 Å². The van der Waals surface area contributed by atoms with Gasteiger partial charge in [-0.15, -0.1) is 0 Å². The van der Waals surface area contributed by atoms with Gasteiger partial charge in [0.25, 0.3) is 0 Å². The van der Waals surface area contributed by atoms with Crippen molar-refractivity contribution in [3.8, 4) is 0 Å². The second-order valence-electron chi connectivity index (χ2n) is 3.84. The van der Waals surface area contributed by atoms with Gasteiger partial charge in [0.2, 0.25) is 0 Å². The minimum Gasteiger partial charge on any atom is -0.462 e. The zero-order chi connectivity index (χ0) is 13.1. The molecule has 1 unspecified atom stereocenters. The minimum atomic E-state index is -0.504. The number of cyclic esters (lactones) is 1. The minimum absolute atomic E-state index is 0.0541. The smallest absolute Gasteiger partial charge is 0.339 e. The molecule has 0 spiro atoms. The molecule has 2 rings (SSSR count). The Balaban J connectivity index is 2.15. The predicted molar refractivity (Wildman–Crippen MR) is 68.6 cm³/mol. The summed E-state index contributed by atoms with van der Waals surface area (Å²) < 4.78 is 10.8. The number of halogens is 1. The molecule has 0 fully saturated rings. The van der Waals surface area contributed by atoms with Crippen molar-refractivity contribution in [2.75, 3.05) is 6.61 Å². The Hall–Kier alpha value is -1.62. The molecule has 0 aliphatic carbocycles. The lowest BCUT2D eigenvalue weighted by atomic mass is 10.1. The van der Waals surface area contributed by atoms with Crippen LogP contribution in [0.3, 0.4) is 0 Å². The number of esters is 2. The second-order valence-corrected chi connectivity index (χ2v) is 4.75. The highest BCUT2D eigenvalue weighted by atomic mass is 79.9. The molecule has 1 aromatic carbocycles. The Labute approximate surface area is 113 Å². The van der Waals surface area contributed by atoms with Crippen LogP contribution in [0.5, 0.6) is 0 Å². The molecule has 1 atom stereocenters. The van der Waals surface area contributed by atoms with Crippen LogP contribution in [0.4, 0.5) is 0 Å². The Morgan fingerprint density at radius 3 is 2.94 bits per heavy atom. The van der Waals surface area contributed by atoms with E-state index in [-0.39, 0.29) is 6.61 Å². The first kappa shape index (κ1) is 12.8. The first-order chi connectivity index (χ1) is 8.56. The molecule has 1 aromatic rings. The van der Waals surface area contributed by atoms with Crippen LogP contribution >= 0.6 is 15.9 Å². The zero-order valence-corrected chi connectivity index (χ0v) is 11.3. The van der Waals surface area contributed by atoms with Crippen molar-refractivity contribution in [3.63, 3.8) is 0 Å². The molecule has 0 saturated carbocycles. The van der Waals surface area contributed by atoms with Gasteiger partial charge in [-0.3, -0.25) is 4.79 Å². The molecule has 18 heavy (non-hydrogen) atoms. The van der Waals surface area contributed by atoms with E-state index in [9.17, 15) is 9.59 Å². The molecule has 1 heterocycles. The highest BCUT2D eigenvalue weighted by Crippen LogP contribution is 2.26. The lowest BCUT2D eigenvalue weighted by Gasteiger charge is -2.06. The Morgan fingerprint density at radius 1 is 1.50 bits per heavy atom. The molecule has 4 nitrogen and oxygen atoms in total. The Morgan fingerprint density at radius 2 is 2.28 bits per heavy atom. The van der Waals surface area contributed by atoms with E-state index in [2.05, 4.69) is 15.9 Å². The van der Waals surface area contributed by atoms with Crippen LogP contribution in [0, 0.1) is 0 Å². The lowest BCUT2D eigenvalue weighted by Crippen LogP contribution is -2.17. The van der Waals surface area contributed by atoms with Gasteiger partial charge in [0.05, 0.1) is 5.57 Å². The van der Waals surface area contributed by atoms with E-state index < -0.39 is 18.0 Å². The standard InChI is InChI=1S/C13H11BrO4/c1-8(15)17-7-11-6-12(13(16)18-11)9-3-2-4-10(14)5-9/h2-6,11H,7H2,1H3. The van der Waals surface area contributed by atoms with E-state index in [0.29, 0.717) is 5.57 Å². The van der Waals surface area contributed by atoms with Crippen LogP contribution < -0.4 is 0 Å². The van der Waals surface area contributed by atoms with E-state index in [1.165, 1.54) is 6.92 Å². The first-order valence-corrected chi connectivity index (χ1v) is 6.17. The van der Waals surface area contributed by atoms with Gasteiger partial charge in [0.15, 0.2) is 6.10 Å². The summed E-state index contributed by atoms with van der Waals surface area (Å²) in [6.45, 7) is 1.37. The van der Waals surface area contributed by atoms with Crippen LogP contribution in [0.25, 0.3) is 5.57 Å². The second kappa shape index (κ2) is 5.35. The van der Waals surface area contributed by atoms with Crippen LogP contribution in [0.1, 0.15) is 12.5 Å². The largest absolute Gasteiger partial charge is 0.462 e. The number of rotatable bonds is 3. The Bertz CT molecular complexity index is 521. The summed E-state index contributed by atoms with van der Waals surface area (Å²) in [6, 6.07) is 7.38. The van der Waals surface area contributed by atoms with Crippen molar-refractivity contribution in [1.82, 2.24) is 0 Å². The van der Waals surface area contributed by atoms with Gasteiger partial charge in [-0.05, 0) is 23.8 Å². The Kier molecular flexibility index (Phi) is 3.81. The summed E-state index contributed by atoms with van der Waals surface area (Å²) in [5.41, 5.74) is 1.27. The van der Waals surface area contributed by atoms with Crippen LogP contribution in [0.2, 0.25) is 0 Å². The maximum absolute atomic E-state index is 11.7. The van der Waals surface area contributed by atoms with Gasteiger partial charge in [0.1, 0.15) is 6.61 Å². The average Bonchev–Trinajstić information content (AvgIpc) is 2.68. The van der Waals surface area contributed by atoms with Crippen LogP contribution in [-0.4, -0.2) is 24.6 Å². The topological polar surface area (TPSA) is 52.6 Å². The highest BCUT2D eigenvalue weighted by molar-refractivity contribution is 9.10. The summed E-state index contributed by atoms with van der Waals surface area (Å²) >= 11 is 3.35. The van der Waals surface area contributed by atoms with Crippen molar-refractivity contribution in [2.45, 2.75) is 13.0 Å². The van der Waals surface area contributed by atoms with E-state index in [1.807, 2.05) is 24.3 Å². The number of carbonyl (C=O) groups excluding carboxylic acids is 2. The molecule has 0 amide bonds. The first-order valence-electron chi connectivity index (χ1n) is 5.38. The monoisotopic (exact) mass is 310 g/mol. The van der Waals surface area contributed by atoms with Gasteiger partial charge >= 0.3 is 11.9 Å². The number of hydrogen-bond acceptors (Lipinski definition) is 4. The van der Waals surface area contributed by atoms with Crippen molar-refractivity contribution < 1.29 is 19.1 Å². The summed E-state index contributed by atoms with van der Waals surface area (Å²) in [5.74, 6) is -0.791. The van der Waals surface area contributed by atoms with E-state index in [0.717, 1.165) is 10.0 Å². The SMILES string of the molecule is CC(=O)OCC1C=C(c2cccc(Br)c2)C(=O)O1. The summed E-state index contributed by atoms with van der Waals surface area (Å²) in [7, 11) is 0. The maximum atomic E-state index is 11.7. The average molecular weight is 311 g/mol. The molecule has 5 heteroatoms. The van der Waals surface area contributed by atoms with Crippen molar-refractivity contribution >= 4 is 33.4 Å². The summed E-state index contributed by atoms with van der Waals surface area (Å²) in [4.78, 5) is 22.4. The third-order valence-corrected chi connectivity index (χ3v) is 2.91. The van der Waals surface area contributed by atoms with E-state index >= 15 is 0 Å². The fourth-order valence-corrected chi connectivity index (χ4v) is 2.04. The van der Waals surface area contributed by atoms with Gasteiger partial charge in [0, 0.05) is 11.4 Å². The van der Waals surface area contributed by atoms with E-state index in [1.54, 1.807) is 6.08 Å². The maximum Gasteiger partial charge on any atom is 0.339 e. The molecule has 94 valence electrons. The third-order valence-electron chi connectivity index (χ3n) is 2.42. The lowest BCUT2D eigenvalue weighted by molar-refractivity contribution is -0.149. The summed E-state index contributed by atoms with van der Waals surface area (Å²) in [5, 5.41) is 0. The van der Waals surface area contributed by atoms with Gasteiger partial charge in [-0.25, -0.2) is 4.79 Å². The number of benzene rings is 1. The van der Waals surface area contributed by atoms with E-state index in [4.69, 9.17) is 9.47 Å². The molecular formula is C13H11BrO4. The van der Waals surface area contributed by atoms with Crippen LogP contribution in [-0.2, 0) is 19.1 Å². The molecule has 0 saturated heterocycles. The zero-order valence-electron chi connectivity index (χ0n) is 9.68. The molecule has 0 N–H and O–H groups in total. The predicted octanol–water partition coefficient (Wildman–Crippen LogP) is 2.32. The normalized spacial score (nSPS) is 18.2. The summed E-state index contributed by atoms with van der Waals surface area (Å²) in [6.07, 6.45) is 1.17. The fourth-order valence-electron chi connectivity index (χ4n) is 1.64. The van der Waals surface area contributed by atoms with Crippen molar-refractivity contribution in [1.29, 1.82) is 0 Å². The number of ether oxygens (including phenoxy) is 2. The molecular weight excluding hydrogens is 300 g/mol. The van der Waals surface area contributed by atoms with Gasteiger partial charge < -0.3 is 9.47 Å². The van der Waals surface area contributed by atoms with Gasteiger partial charge in [-0.2, -0.15) is 0 Å². The molecule has 0 bridgehead atoms. The quantitative estimate of drug-likeness (QED) is 0.804. The highest BCUT2D eigenvalue weighted by Gasteiger charge is 2.27. The number of hydrogen-bond donors (Lipinski definition) is 0. The van der Waals surface area contributed by atoms with Crippen molar-refractivity contribution in [3.05, 3.63) is 40.4 Å². The molecule has 0 radical (unpaired) electrons. The number of carbonyl (C=O) groups is 2. The fraction of sp³-hybridized carbons (Fsp3) is 0.231. The molecule has 1 aliphatic rings. The van der Waals surface area contributed by atoms with Crippen LogP contribution in [0.15, 0.2) is 34.8 Å². The van der Waals surface area contributed by atoms with Gasteiger partial charge in [-0.1, -0.05) is 28.1 Å². The third kappa shape index (κ3) is 2.98.